The van der Waals surface area contributed by atoms with Crippen molar-refractivity contribution in [1.82, 2.24) is 4.90 Å². The van der Waals surface area contributed by atoms with Crippen molar-refractivity contribution in [2.75, 3.05) is 13.2 Å². The number of nitrogens with zero attached hydrogens (tertiary/aromatic N) is 1. The summed E-state index contributed by atoms with van der Waals surface area (Å²) in [7, 11) is 0. The fraction of sp³-hybridized carbons (Fsp3) is 0.929. The number of rotatable bonds is 6. The second-order valence-electron chi connectivity index (χ2n) is 5.20. The highest BCUT2D eigenvalue weighted by atomic mass is 16.5. The molecule has 1 fully saturated rings. The molecule has 0 aromatic rings. The van der Waals surface area contributed by atoms with Gasteiger partial charge in [0.05, 0.1) is 18.8 Å². The molecular weight excluding hydrogens is 214 g/mol. The zero-order chi connectivity index (χ0) is 12.7. The van der Waals surface area contributed by atoms with E-state index in [1.54, 1.807) is 0 Å². The smallest absolute Gasteiger partial charge is 0.222 e. The largest absolute Gasteiger partial charge is 0.375 e. The summed E-state index contributed by atoms with van der Waals surface area (Å²) in [5.74, 6) is 0.309. The lowest BCUT2D eigenvalue weighted by Gasteiger charge is -2.36. The molecule has 17 heavy (non-hydrogen) atoms. The van der Waals surface area contributed by atoms with Gasteiger partial charge >= 0.3 is 0 Å². The average Bonchev–Trinajstić information content (AvgIpc) is 2.32. The Kier molecular flexibility index (Phi) is 6.56. The Morgan fingerprint density at radius 3 is 2.65 bits per heavy atom. The highest BCUT2D eigenvalue weighted by molar-refractivity contribution is 5.76. The van der Waals surface area contributed by atoms with Gasteiger partial charge in [-0.05, 0) is 20.3 Å². The van der Waals surface area contributed by atoms with Crippen molar-refractivity contribution in [3.05, 3.63) is 0 Å². The Hall–Kier alpha value is -0.570. The van der Waals surface area contributed by atoms with Crippen LogP contribution >= 0.6 is 0 Å². The first-order valence-electron chi connectivity index (χ1n) is 7.06. The van der Waals surface area contributed by atoms with E-state index in [9.17, 15) is 4.79 Å². The minimum Gasteiger partial charge on any atom is -0.375 e. The van der Waals surface area contributed by atoms with Crippen molar-refractivity contribution in [3.63, 3.8) is 0 Å². The maximum atomic E-state index is 12.1. The first-order valence-corrected chi connectivity index (χ1v) is 7.06. The molecule has 0 spiro atoms. The minimum absolute atomic E-state index is 0.190. The van der Waals surface area contributed by atoms with Gasteiger partial charge in [-0.3, -0.25) is 4.79 Å². The average molecular weight is 241 g/mol. The molecule has 0 saturated carbocycles. The number of hydrogen-bond donors (Lipinski definition) is 0. The van der Waals surface area contributed by atoms with Crippen molar-refractivity contribution in [3.8, 4) is 0 Å². The number of unbranched alkanes of at least 4 members (excludes halogenated alkanes) is 4. The fourth-order valence-corrected chi connectivity index (χ4v) is 2.27. The number of ether oxygens (including phenoxy) is 1. The first-order chi connectivity index (χ1) is 8.15. The SMILES string of the molecule is CCCCCCCC(=O)N1C[C@H](C)OC[C@@H]1C. The van der Waals surface area contributed by atoms with Crippen molar-refractivity contribution in [2.24, 2.45) is 0 Å². The summed E-state index contributed by atoms with van der Waals surface area (Å²) in [6.07, 6.45) is 6.94. The topological polar surface area (TPSA) is 29.5 Å². The fourth-order valence-electron chi connectivity index (χ4n) is 2.27. The summed E-state index contributed by atoms with van der Waals surface area (Å²) in [4.78, 5) is 14.1. The highest BCUT2D eigenvalue weighted by Gasteiger charge is 2.26. The molecule has 3 nitrogen and oxygen atoms in total. The van der Waals surface area contributed by atoms with Gasteiger partial charge in [-0.2, -0.15) is 0 Å². The van der Waals surface area contributed by atoms with E-state index in [0.717, 1.165) is 13.0 Å². The zero-order valence-corrected chi connectivity index (χ0v) is 11.6. The molecule has 0 aromatic carbocycles. The van der Waals surface area contributed by atoms with Crippen LogP contribution in [-0.2, 0) is 9.53 Å². The van der Waals surface area contributed by atoms with E-state index in [4.69, 9.17) is 4.74 Å². The molecule has 0 aliphatic carbocycles. The number of carbonyl (C=O) groups is 1. The Labute approximate surface area is 106 Å². The van der Waals surface area contributed by atoms with E-state index in [0.29, 0.717) is 18.9 Å². The van der Waals surface area contributed by atoms with Crippen molar-refractivity contribution in [1.29, 1.82) is 0 Å². The summed E-state index contributed by atoms with van der Waals surface area (Å²) in [5, 5.41) is 0. The van der Waals surface area contributed by atoms with E-state index in [-0.39, 0.29) is 12.1 Å². The highest BCUT2D eigenvalue weighted by Crippen LogP contribution is 2.14. The Morgan fingerprint density at radius 2 is 1.94 bits per heavy atom. The van der Waals surface area contributed by atoms with Gasteiger partial charge in [-0.25, -0.2) is 0 Å². The second-order valence-corrected chi connectivity index (χ2v) is 5.20. The molecule has 0 bridgehead atoms. The zero-order valence-electron chi connectivity index (χ0n) is 11.6. The van der Waals surface area contributed by atoms with Crippen LogP contribution in [-0.4, -0.2) is 36.1 Å². The molecule has 1 amide bonds. The molecule has 1 aliphatic heterocycles. The summed E-state index contributed by atoms with van der Waals surface area (Å²) in [6, 6.07) is 0.245. The lowest BCUT2D eigenvalue weighted by atomic mass is 10.1. The van der Waals surface area contributed by atoms with Gasteiger partial charge in [-0.15, -0.1) is 0 Å². The number of morpholine rings is 1. The number of amides is 1. The quantitative estimate of drug-likeness (QED) is 0.669. The maximum absolute atomic E-state index is 12.1. The van der Waals surface area contributed by atoms with E-state index in [1.165, 1.54) is 25.7 Å². The summed E-state index contributed by atoms with van der Waals surface area (Å²) in [5.41, 5.74) is 0. The molecule has 1 aliphatic rings. The Balaban J connectivity index is 2.21. The van der Waals surface area contributed by atoms with Gasteiger partial charge in [0.2, 0.25) is 5.91 Å². The molecule has 1 rings (SSSR count). The molecule has 0 radical (unpaired) electrons. The van der Waals surface area contributed by atoms with Gasteiger partial charge < -0.3 is 9.64 Å². The third-order valence-electron chi connectivity index (χ3n) is 3.42. The van der Waals surface area contributed by atoms with Crippen LogP contribution < -0.4 is 0 Å². The van der Waals surface area contributed by atoms with Gasteiger partial charge in [0.15, 0.2) is 0 Å². The van der Waals surface area contributed by atoms with Crippen LogP contribution in [0.4, 0.5) is 0 Å². The summed E-state index contributed by atoms with van der Waals surface area (Å²) < 4.78 is 5.53. The van der Waals surface area contributed by atoms with E-state index in [2.05, 4.69) is 13.8 Å². The van der Waals surface area contributed by atoms with E-state index < -0.39 is 0 Å². The van der Waals surface area contributed by atoms with Gasteiger partial charge in [0.1, 0.15) is 0 Å². The molecular formula is C14H27NO2. The van der Waals surface area contributed by atoms with Gasteiger partial charge in [-0.1, -0.05) is 32.6 Å². The van der Waals surface area contributed by atoms with Crippen LogP contribution in [0.15, 0.2) is 0 Å². The van der Waals surface area contributed by atoms with Crippen molar-refractivity contribution in [2.45, 2.75) is 71.4 Å². The molecule has 2 atom stereocenters. The molecule has 3 heteroatoms. The predicted molar refractivity (Wildman–Crippen MR) is 70.0 cm³/mol. The van der Waals surface area contributed by atoms with Gasteiger partial charge in [0, 0.05) is 13.0 Å². The Morgan fingerprint density at radius 1 is 1.24 bits per heavy atom. The lowest BCUT2D eigenvalue weighted by molar-refractivity contribution is -0.143. The first kappa shape index (κ1) is 14.5. The summed E-state index contributed by atoms with van der Waals surface area (Å²) >= 11 is 0. The standard InChI is InChI=1S/C14H27NO2/c1-4-5-6-7-8-9-14(16)15-10-13(3)17-11-12(15)2/h12-13H,4-11H2,1-3H3/t12-,13-/m0/s1. The molecule has 0 unspecified atom stereocenters. The molecule has 1 heterocycles. The maximum Gasteiger partial charge on any atom is 0.222 e. The third-order valence-corrected chi connectivity index (χ3v) is 3.42. The van der Waals surface area contributed by atoms with Crippen LogP contribution in [0.3, 0.4) is 0 Å². The lowest BCUT2D eigenvalue weighted by Crippen LogP contribution is -2.50. The summed E-state index contributed by atoms with van der Waals surface area (Å²) in [6.45, 7) is 7.76. The van der Waals surface area contributed by atoms with Crippen molar-refractivity contribution < 1.29 is 9.53 Å². The van der Waals surface area contributed by atoms with E-state index in [1.807, 2.05) is 11.8 Å². The molecule has 1 saturated heterocycles. The molecule has 100 valence electrons. The van der Waals surface area contributed by atoms with Crippen LogP contribution in [0.25, 0.3) is 0 Å². The Bertz CT molecular complexity index is 230. The monoisotopic (exact) mass is 241 g/mol. The number of carbonyl (C=O) groups excluding carboxylic acids is 1. The normalized spacial score (nSPS) is 25.0. The van der Waals surface area contributed by atoms with Gasteiger partial charge in [0.25, 0.3) is 0 Å². The van der Waals surface area contributed by atoms with Crippen LogP contribution in [0.1, 0.15) is 59.3 Å². The number of hydrogen-bond acceptors (Lipinski definition) is 2. The molecule has 0 aromatic heterocycles. The van der Waals surface area contributed by atoms with E-state index >= 15 is 0 Å². The van der Waals surface area contributed by atoms with Crippen LogP contribution in [0, 0.1) is 0 Å². The third kappa shape index (κ3) is 5.07. The minimum atomic E-state index is 0.190. The van der Waals surface area contributed by atoms with Crippen molar-refractivity contribution >= 4 is 5.91 Å². The predicted octanol–water partition coefficient (Wildman–Crippen LogP) is 2.98. The molecule has 0 N–H and O–H groups in total. The van der Waals surface area contributed by atoms with Crippen LogP contribution in [0.5, 0.6) is 0 Å². The van der Waals surface area contributed by atoms with Crippen LogP contribution in [0.2, 0.25) is 0 Å². The second kappa shape index (κ2) is 7.70.